The number of rotatable bonds is 7. The van der Waals surface area contributed by atoms with Gasteiger partial charge in [-0.1, -0.05) is 69.9 Å². The molecule has 37 heavy (non-hydrogen) atoms. The topological polar surface area (TPSA) is 87.7 Å². The molecule has 2 bridgehead atoms. The van der Waals surface area contributed by atoms with Crippen LogP contribution >= 0.6 is 11.6 Å². The van der Waals surface area contributed by atoms with Crippen LogP contribution in [0.1, 0.15) is 58.4 Å². The molecule has 3 fully saturated rings. The number of hydrogen-bond donors (Lipinski definition) is 2. The third kappa shape index (κ3) is 4.38. The number of amides is 3. The molecule has 6 unspecified atom stereocenters. The Morgan fingerprint density at radius 2 is 2.00 bits per heavy atom. The maximum atomic E-state index is 13.9. The van der Waals surface area contributed by atoms with E-state index in [0.29, 0.717) is 29.1 Å². The molecule has 3 heterocycles. The van der Waals surface area contributed by atoms with Gasteiger partial charge in [0.25, 0.3) is 0 Å². The fourth-order valence-electron chi connectivity index (χ4n) is 6.78. The normalized spacial score (nSPS) is 36.1. The second-order valence-electron chi connectivity index (χ2n) is 11.4. The Bertz CT molecular complexity index is 1120. The van der Waals surface area contributed by atoms with Crippen LogP contribution in [0.2, 0.25) is 5.02 Å². The first-order valence-corrected chi connectivity index (χ1v) is 14.1. The number of carbonyl (C=O) groups excluding carboxylic acids is 3. The van der Waals surface area contributed by atoms with Crippen molar-refractivity contribution in [3.8, 4) is 0 Å². The second kappa shape index (κ2) is 10.1. The van der Waals surface area contributed by atoms with Gasteiger partial charge in [-0.25, -0.2) is 0 Å². The monoisotopic (exact) mass is 527 g/mol. The molecule has 8 atom stereocenters. The molecule has 5 rings (SSSR count). The molecule has 2 N–H and O–H groups in total. The first-order chi connectivity index (χ1) is 17.7. The highest BCUT2D eigenvalue weighted by Gasteiger charge is 2.72. The van der Waals surface area contributed by atoms with E-state index in [9.17, 15) is 14.4 Å². The molecule has 3 amide bonds. The average molecular weight is 528 g/mol. The Hall–Kier alpha value is -2.38. The Labute approximate surface area is 224 Å². The highest BCUT2D eigenvalue weighted by molar-refractivity contribution is 6.31. The Balaban J connectivity index is 1.42. The van der Waals surface area contributed by atoms with Crippen molar-refractivity contribution < 1.29 is 19.1 Å². The average Bonchev–Trinajstić information content (AvgIpc) is 3.50. The van der Waals surface area contributed by atoms with Gasteiger partial charge in [0, 0.05) is 23.3 Å². The van der Waals surface area contributed by atoms with E-state index >= 15 is 0 Å². The minimum atomic E-state index is -1.13. The largest absolute Gasteiger partial charge is 0.359 e. The number of ether oxygens (including phenoxy) is 1. The van der Waals surface area contributed by atoms with Gasteiger partial charge in [0.1, 0.15) is 11.6 Å². The molecule has 3 aliphatic heterocycles. The van der Waals surface area contributed by atoms with Crippen LogP contribution in [0.25, 0.3) is 0 Å². The Morgan fingerprint density at radius 3 is 2.73 bits per heavy atom. The van der Waals surface area contributed by atoms with Gasteiger partial charge in [0.15, 0.2) is 0 Å². The lowest BCUT2D eigenvalue weighted by molar-refractivity contribution is -0.141. The second-order valence-corrected chi connectivity index (χ2v) is 11.8. The van der Waals surface area contributed by atoms with E-state index in [2.05, 4.69) is 31.4 Å². The fourth-order valence-corrected chi connectivity index (χ4v) is 6.96. The molecular weight excluding hydrogens is 490 g/mol. The zero-order valence-electron chi connectivity index (χ0n) is 22.1. The molecule has 1 aromatic rings. The van der Waals surface area contributed by atoms with E-state index < -0.39 is 29.6 Å². The van der Waals surface area contributed by atoms with E-state index in [4.69, 9.17) is 16.3 Å². The predicted octanol–water partition coefficient (Wildman–Crippen LogP) is 4.48. The van der Waals surface area contributed by atoms with Crippen LogP contribution in [-0.4, -0.2) is 53.0 Å². The summed E-state index contributed by atoms with van der Waals surface area (Å²) in [6.07, 6.45) is 8.03. The predicted molar refractivity (Wildman–Crippen MR) is 143 cm³/mol. The van der Waals surface area contributed by atoms with Crippen LogP contribution in [0.5, 0.6) is 0 Å². The summed E-state index contributed by atoms with van der Waals surface area (Å²) in [7, 11) is 0. The van der Waals surface area contributed by atoms with Crippen molar-refractivity contribution in [2.75, 3.05) is 11.9 Å². The SMILES string of the molecule is CCCCN1C(=O)[C@H]2C(C(=O)Nc3ccc(C)c(Cl)c3)[C@H]3C=CC2(O3)C1C(=O)NC1CCCC(C)C1C. The van der Waals surface area contributed by atoms with Gasteiger partial charge in [0.05, 0.1) is 17.9 Å². The molecule has 1 saturated carbocycles. The van der Waals surface area contributed by atoms with Crippen LogP contribution < -0.4 is 10.6 Å². The van der Waals surface area contributed by atoms with E-state index in [1.807, 2.05) is 25.1 Å². The van der Waals surface area contributed by atoms with E-state index in [-0.39, 0.29) is 23.8 Å². The van der Waals surface area contributed by atoms with Crippen LogP contribution in [-0.2, 0) is 19.1 Å². The number of likely N-dealkylation sites (tertiary alicyclic amines) is 1. The summed E-state index contributed by atoms with van der Waals surface area (Å²) in [5.74, 6) is -1.19. The van der Waals surface area contributed by atoms with Crippen molar-refractivity contribution in [1.29, 1.82) is 0 Å². The Kier molecular flexibility index (Phi) is 7.14. The zero-order valence-corrected chi connectivity index (χ0v) is 22.9. The first kappa shape index (κ1) is 26.2. The molecular formula is C29H38ClN3O4. The van der Waals surface area contributed by atoms with Crippen molar-refractivity contribution >= 4 is 35.0 Å². The summed E-state index contributed by atoms with van der Waals surface area (Å²) >= 11 is 6.26. The van der Waals surface area contributed by atoms with Crippen LogP contribution in [0.4, 0.5) is 5.69 Å². The Morgan fingerprint density at radius 1 is 1.22 bits per heavy atom. The minimum Gasteiger partial charge on any atom is -0.359 e. The molecule has 200 valence electrons. The van der Waals surface area contributed by atoms with Crippen molar-refractivity contribution in [3.63, 3.8) is 0 Å². The summed E-state index contributed by atoms with van der Waals surface area (Å²) in [5.41, 5.74) is 0.359. The number of anilines is 1. The highest BCUT2D eigenvalue weighted by Crippen LogP contribution is 2.55. The number of nitrogens with zero attached hydrogens (tertiary/aromatic N) is 1. The number of nitrogens with one attached hydrogen (secondary N) is 2. The van der Waals surface area contributed by atoms with Gasteiger partial charge in [-0.05, 0) is 49.3 Å². The lowest BCUT2D eigenvalue weighted by Gasteiger charge is -2.38. The zero-order chi connectivity index (χ0) is 26.5. The van der Waals surface area contributed by atoms with Crippen molar-refractivity contribution in [3.05, 3.63) is 40.9 Å². The summed E-state index contributed by atoms with van der Waals surface area (Å²) in [5, 5.41) is 6.79. The maximum Gasteiger partial charge on any atom is 0.246 e. The van der Waals surface area contributed by atoms with Crippen molar-refractivity contribution in [1.82, 2.24) is 10.2 Å². The first-order valence-electron chi connectivity index (χ1n) is 13.7. The van der Waals surface area contributed by atoms with Crippen molar-refractivity contribution in [2.45, 2.75) is 83.6 Å². The number of halogens is 1. The van der Waals surface area contributed by atoms with E-state index in [1.54, 1.807) is 17.0 Å². The standard InChI is InChI=1S/C29H38ClN3O4/c1-5-6-14-33-25(27(35)32-21-9-7-8-16(2)18(21)4)29-13-12-22(37-29)23(24(29)28(33)36)26(34)31-19-11-10-17(3)20(30)15-19/h10-13,15-16,18,21-25H,5-9,14H2,1-4H3,(H,31,34)(H,32,35)/t16?,18?,21?,22-,23?,24-,25?,29?/m1/s1. The van der Waals surface area contributed by atoms with Crippen LogP contribution in [0.15, 0.2) is 30.4 Å². The molecule has 8 heteroatoms. The number of hydrogen-bond acceptors (Lipinski definition) is 4. The third-order valence-corrected chi connectivity index (χ3v) is 9.56. The van der Waals surface area contributed by atoms with Gasteiger partial charge >= 0.3 is 0 Å². The van der Waals surface area contributed by atoms with E-state index in [1.165, 1.54) is 6.42 Å². The molecule has 1 aliphatic carbocycles. The van der Waals surface area contributed by atoms with Gasteiger partial charge in [-0.2, -0.15) is 0 Å². The maximum absolute atomic E-state index is 13.9. The van der Waals surface area contributed by atoms with Gasteiger partial charge in [-0.15, -0.1) is 0 Å². The van der Waals surface area contributed by atoms with E-state index in [0.717, 1.165) is 31.2 Å². The molecule has 7 nitrogen and oxygen atoms in total. The molecule has 1 aromatic carbocycles. The summed E-state index contributed by atoms with van der Waals surface area (Å²) < 4.78 is 6.43. The van der Waals surface area contributed by atoms with Gasteiger partial charge in [0.2, 0.25) is 17.7 Å². The molecule has 1 spiro atoms. The van der Waals surface area contributed by atoms with Gasteiger partial charge < -0.3 is 20.3 Å². The third-order valence-electron chi connectivity index (χ3n) is 9.15. The molecule has 0 radical (unpaired) electrons. The summed E-state index contributed by atoms with van der Waals surface area (Å²) in [4.78, 5) is 43.0. The molecule has 0 aromatic heterocycles. The fraction of sp³-hybridized carbons (Fsp3) is 0.621. The van der Waals surface area contributed by atoms with Gasteiger partial charge in [-0.3, -0.25) is 14.4 Å². The highest BCUT2D eigenvalue weighted by atomic mass is 35.5. The quantitative estimate of drug-likeness (QED) is 0.512. The number of fused-ring (bicyclic) bond motifs is 1. The number of benzene rings is 1. The number of unbranched alkanes of at least 4 members (excludes halogenated alkanes) is 1. The smallest absolute Gasteiger partial charge is 0.246 e. The lowest BCUT2D eigenvalue weighted by atomic mass is 9.73. The van der Waals surface area contributed by atoms with Crippen molar-refractivity contribution in [2.24, 2.45) is 23.7 Å². The molecule has 2 saturated heterocycles. The lowest BCUT2D eigenvalue weighted by Crippen LogP contribution is -2.58. The summed E-state index contributed by atoms with van der Waals surface area (Å²) in [6, 6.07) is 4.64. The summed E-state index contributed by atoms with van der Waals surface area (Å²) in [6.45, 7) is 8.85. The number of carbonyl (C=O) groups is 3. The van der Waals surface area contributed by atoms with Crippen LogP contribution in [0.3, 0.4) is 0 Å². The molecule has 4 aliphatic rings. The minimum absolute atomic E-state index is 0.0720. The number of aryl methyl sites for hydroxylation is 1. The van der Waals surface area contributed by atoms with Crippen LogP contribution in [0, 0.1) is 30.6 Å².